The normalized spacial score (nSPS) is 11.4. The molecule has 8 heteroatoms. The maximum Gasteiger partial charge on any atom is 0.573 e. The number of ether oxygens (including phenoxy) is 2. The molecular weight excluding hydrogens is 340 g/mol. The SMILES string of the molecule is COc1c(CN)ncc(I)c1OC(F)(F)F. The first-order valence-electron chi connectivity index (χ1n) is 4.06. The van der Waals surface area contributed by atoms with Gasteiger partial charge in [-0.1, -0.05) is 0 Å². The van der Waals surface area contributed by atoms with E-state index >= 15 is 0 Å². The van der Waals surface area contributed by atoms with E-state index in [9.17, 15) is 13.2 Å². The zero-order valence-corrected chi connectivity index (χ0v) is 10.3. The van der Waals surface area contributed by atoms with Crippen molar-refractivity contribution in [3.63, 3.8) is 0 Å². The quantitative estimate of drug-likeness (QED) is 0.850. The van der Waals surface area contributed by atoms with E-state index < -0.39 is 12.1 Å². The van der Waals surface area contributed by atoms with Crippen molar-refractivity contribution >= 4 is 22.6 Å². The van der Waals surface area contributed by atoms with Gasteiger partial charge in [-0.2, -0.15) is 0 Å². The molecule has 1 heterocycles. The van der Waals surface area contributed by atoms with Gasteiger partial charge in [0.25, 0.3) is 0 Å². The molecule has 0 bridgehead atoms. The highest BCUT2D eigenvalue weighted by molar-refractivity contribution is 14.1. The first kappa shape index (κ1) is 13.3. The molecule has 0 aliphatic rings. The third-order valence-electron chi connectivity index (χ3n) is 1.63. The van der Waals surface area contributed by atoms with Gasteiger partial charge >= 0.3 is 6.36 Å². The van der Waals surface area contributed by atoms with Crippen molar-refractivity contribution in [2.45, 2.75) is 12.9 Å². The zero-order chi connectivity index (χ0) is 12.3. The number of halogens is 4. The van der Waals surface area contributed by atoms with Crippen molar-refractivity contribution in [3.05, 3.63) is 15.5 Å². The summed E-state index contributed by atoms with van der Waals surface area (Å²) in [5.74, 6) is -0.502. The molecule has 16 heavy (non-hydrogen) atoms. The second-order valence-corrected chi connectivity index (χ2v) is 3.83. The second-order valence-electron chi connectivity index (χ2n) is 2.67. The molecule has 4 nitrogen and oxygen atoms in total. The van der Waals surface area contributed by atoms with Crippen molar-refractivity contribution in [2.75, 3.05) is 7.11 Å². The number of alkyl halides is 3. The summed E-state index contributed by atoms with van der Waals surface area (Å²) in [6.45, 7) is -0.0334. The minimum Gasteiger partial charge on any atom is -0.491 e. The predicted molar refractivity (Wildman–Crippen MR) is 58.1 cm³/mol. The van der Waals surface area contributed by atoms with Crippen LogP contribution in [0.4, 0.5) is 13.2 Å². The van der Waals surface area contributed by atoms with E-state index in [-0.39, 0.29) is 21.6 Å². The largest absolute Gasteiger partial charge is 0.573 e. The minimum atomic E-state index is -4.78. The van der Waals surface area contributed by atoms with E-state index in [0.717, 1.165) is 0 Å². The smallest absolute Gasteiger partial charge is 0.491 e. The Morgan fingerprint density at radius 2 is 2.06 bits per heavy atom. The number of nitrogens with zero attached hydrogens (tertiary/aromatic N) is 1. The Morgan fingerprint density at radius 3 is 2.50 bits per heavy atom. The molecule has 0 spiro atoms. The molecule has 0 aliphatic carbocycles. The molecule has 1 rings (SSSR count). The molecule has 0 unspecified atom stereocenters. The van der Waals surface area contributed by atoms with Gasteiger partial charge in [0.05, 0.1) is 16.4 Å². The standard InChI is InChI=1S/C8H8F3IN2O2/c1-15-7-5(2-13)14-3-4(12)6(7)16-8(9,10)11/h3H,2,13H2,1H3. The summed E-state index contributed by atoms with van der Waals surface area (Å²) in [5.41, 5.74) is 5.54. The van der Waals surface area contributed by atoms with E-state index in [2.05, 4.69) is 9.72 Å². The Labute approximate surface area is 103 Å². The zero-order valence-electron chi connectivity index (χ0n) is 8.14. The monoisotopic (exact) mass is 348 g/mol. The fourth-order valence-corrected chi connectivity index (χ4v) is 1.55. The van der Waals surface area contributed by atoms with Crippen LogP contribution in [0.2, 0.25) is 0 Å². The van der Waals surface area contributed by atoms with Gasteiger partial charge in [0.15, 0.2) is 11.5 Å². The van der Waals surface area contributed by atoms with Gasteiger partial charge in [-0.3, -0.25) is 4.98 Å². The lowest BCUT2D eigenvalue weighted by Gasteiger charge is -2.15. The van der Waals surface area contributed by atoms with Gasteiger partial charge in [0, 0.05) is 12.7 Å². The number of pyridine rings is 1. The summed E-state index contributed by atoms with van der Waals surface area (Å²) in [7, 11) is 1.23. The Hall–Kier alpha value is -0.770. The van der Waals surface area contributed by atoms with Crippen molar-refractivity contribution < 1.29 is 22.6 Å². The highest BCUT2D eigenvalue weighted by Crippen LogP contribution is 2.37. The second kappa shape index (κ2) is 5.04. The predicted octanol–water partition coefficient (Wildman–Crippen LogP) is 2.05. The first-order valence-corrected chi connectivity index (χ1v) is 5.14. The maximum absolute atomic E-state index is 12.1. The average molecular weight is 348 g/mol. The molecule has 0 atom stereocenters. The lowest BCUT2D eigenvalue weighted by Crippen LogP contribution is -2.19. The van der Waals surface area contributed by atoms with Gasteiger partial charge < -0.3 is 15.2 Å². The molecule has 1 aromatic heterocycles. The van der Waals surface area contributed by atoms with Crippen LogP contribution in [0.15, 0.2) is 6.20 Å². The highest BCUT2D eigenvalue weighted by atomic mass is 127. The van der Waals surface area contributed by atoms with E-state index in [1.54, 1.807) is 22.6 Å². The van der Waals surface area contributed by atoms with E-state index in [1.807, 2.05) is 0 Å². The van der Waals surface area contributed by atoms with Crippen LogP contribution in [0.5, 0.6) is 11.5 Å². The molecule has 0 fully saturated rings. The Kier molecular flexibility index (Phi) is 4.19. The third kappa shape index (κ3) is 3.11. The summed E-state index contributed by atoms with van der Waals surface area (Å²) in [6.07, 6.45) is -3.53. The molecule has 0 radical (unpaired) electrons. The molecule has 90 valence electrons. The molecule has 0 saturated carbocycles. The maximum atomic E-state index is 12.1. The first-order chi connectivity index (χ1) is 7.39. The van der Waals surface area contributed by atoms with Crippen LogP contribution >= 0.6 is 22.6 Å². The molecule has 1 aromatic rings. The lowest BCUT2D eigenvalue weighted by atomic mass is 10.3. The Morgan fingerprint density at radius 1 is 1.44 bits per heavy atom. The molecule has 0 aliphatic heterocycles. The summed E-state index contributed by atoms with van der Waals surface area (Å²) in [4.78, 5) is 3.85. The van der Waals surface area contributed by atoms with E-state index in [1.165, 1.54) is 13.3 Å². The number of methoxy groups -OCH3 is 1. The fourth-order valence-electron chi connectivity index (χ4n) is 1.06. The van der Waals surface area contributed by atoms with Gasteiger partial charge in [-0.25, -0.2) is 0 Å². The number of hydrogen-bond donors (Lipinski definition) is 1. The molecular formula is C8H8F3IN2O2. The topological polar surface area (TPSA) is 57.4 Å². The minimum absolute atomic E-state index is 0.0334. The summed E-state index contributed by atoms with van der Waals surface area (Å²) in [5, 5.41) is 0. The van der Waals surface area contributed by atoms with Crippen molar-refractivity contribution in [2.24, 2.45) is 5.73 Å². The van der Waals surface area contributed by atoms with Crippen LogP contribution in [-0.2, 0) is 6.54 Å². The van der Waals surface area contributed by atoms with Crippen LogP contribution < -0.4 is 15.2 Å². The van der Waals surface area contributed by atoms with Crippen molar-refractivity contribution in [1.29, 1.82) is 0 Å². The summed E-state index contributed by atoms with van der Waals surface area (Å²) >= 11 is 1.67. The number of nitrogens with two attached hydrogens (primary N) is 1. The Balaban J connectivity index is 3.23. The van der Waals surface area contributed by atoms with Gasteiger partial charge in [0.2, 0.25) is 0 Å². The molecule has 0 saturated heterocycles. The van der Waals surface area contributed by atoms with Gasteiger partial charge in [-0.05, 0) is 22.6 Å². The Bertz CT molecular complexity index is 384. The molecule has 2 N–H and O–H groups in total. The average Bonchev–Trinajstić information content (AvgIpc) is 2.19. The molecule has 0 aromatic carbocycles. The van der Waals surface area contributed by atoms with E-state index in [0.29, 0.717) is 0 Å². The van der Waals surface area contributed by atoms with Crippen LogP contribution in [0, 0.1) is 3.57 Å². The van der Waals surface area contributed by atoms with Crippen LogP contribution in [-0.4, -0.2) is 18.5 Å². The number of hydrogen-bond acceptors (Lipinski definition) is 4. The van der Waals surface area contributed by atoms with Crippen LogP contribution in [0.1, 0.15) is 5.69 Å². The van der Waals surface area contributed by atoms with Crippen molar-refractivity contribution in [3.8, 4) is 11.5 Å². The number of aromatic nitrogens is 1. The lowest BCUT2D eigenvalue weighted by molar-refractivity contribution is -0.275. The highest BCUT2D eigenvalue weighted by Gasteiger charge is 2.34. The van der Waals surface area contributed by atoms with Gasteiger partial charge in [0.1, 0.15) is 0 Å². The van der Waals surface area contributed by atoms with Crippen molar-refractivity contribution in [1.82, 2.24) is 4.98 Å². The fraction of sp³-hybridized carbons (Fsp3) is 0.375. The third-order valence-corrected chi connectivity index (χ3v) is 2.40. The van der Waals surface area contributed by atoms with Crippen LogP contribution in [0.25, 0.3) is 0 Å². The number of rotatable bonds is 3. The van der Waals surface area contributed by atoms with Gasteiger partial charge in [-0.15, -0.1) is 13.2 Å². The van der Waals surface area contributed by atoms with Crippen LogP contribution in [0.3, 0.4) is 0 Å². The van der Waals surface area contributed by atoms with E-state index in [4.69, 9.17) is 10.5 Å². The summed E-state index contributed by atoms with van der Waals surface area (Å²) in [6, 6.07) is 0. The summed E-state index contributed by atoms with van der Waals surface area (Å²) < 4.78 is 45.3. The molecule has 0 amide bonds.